The zero-order chi connectivity index (χ0) is 19.7. The minimum atomic E-state index is -0.585. The van der Waals surface area contributed by atoms with Gasteiger partial charge in [0.2, 0.25) is 10.9 Å². The highest BCUT2D eigenvalue weighted by atomic mass is 16.3. The van der Waals surface area contributed by atoms with Crippen molar-refractivity contribution in [1.82, 2.24) is 20.2 Å². The molecule has 9 heteroatoms. The van der Waals surface area contributed by atoms with Gasteiger partial charge in [-0.2, -0.15) is 0 Å². The van der Waals surface area contributed by atoms with Gasteiger partial charge in [-0.3, -0.25) is 14.4 Å². The molecule has 0 fully saturated rings. The van der Waals surface area contributed by atoms with E-state index >= 15 is 0 Å². The average Bonchev–Trinajstić information content (AvgIpc) is 2.61. The first-order valence-corrected chi connectivity index (χ1v) is 8.13. The Bertz CT molecular complexity index is 1220. The molecule has 0 spiro atoms. The van der Waals surface area contributed by atoms with Gasteiger partial charge < -0.3 is 25.4 Å². The molecule has 0 radical (unpaired) electrons. The number of likely N-dealkylation sites (N-methyl/N-ethyl adjacent to an activating group) is 1. The molecule has 0 atom stereocenters. The first-order valence-electron chi connectivity index (χ1n) is 8.13. The van der Waals surface area contributed by atoms with Crippen molar-refractivity contribution >= 4 is 34.2 Å². The Kier molecular flexibility index (Phi) is 4.78. The predicted octanol–water partition coefficient (Wildman–Crippen LogP) is -0.552. The molecule has 0 aliphatic heterocycles. The van der Waals surface area contributed by atoms with E-state index in [0.29, 0.717) is 19.4 Å². The molecule has 0 aliphatic rings. The number of carbonyl (C=O) groups excluding carboxylic acids is 1. The summed E-state index contributed by atoms with van der Waals surface area (Å²) in [7, 11) is 3.75. The summed E-state index contributed by atoms with van der Waals surface area (Å²) in [5.74, 6) is -0.875. The molecule has 3 aromatic rings. The van der Waals surface area contributed by atoms with E-state index in [-0.39, 0.29) is 32.8 Å². The van der Waals surface area contributed by atoms with Crippen molar-refractivity contribution in [3.8, 4) is 5.75 Å². The standard InChI is InChI=1S/C18H18N4O5/c1-22(2)6-5-19-18(27)9-3-4-11(24)16-14(9)20-17-13(26)7-12(25)10(8-23)15(17)21-16/h3-4,7-8,20,23,25H,5-6H2,1-2H3,(H,19,27). The minimum Gasteiger partial charge on any atom is -0.515 e. The van der Waals surface area contributed by atoms with Crippen LogP contribution in [0, 0.1) is 0 Å². The molecule has 0 bridgehead atoms. The van der Waals surface area contributed by atoms with Crippen molar-refractivity contribution in [2.75, 3.05) is 27.2 Å². The Hall–Kier alpha value is -3.46. The maximum atomic E-state index is 12.5. The van der Waals surface area contributed by atoms with Crippen LogP contribution in [0.3, 0.4) is 0 Å². The lowest BCUT2D eigenvalue weighted by atomic mass is 10.1. The number of H-pyrrole nitrogens is 1. The first kappa shape index (κ1) is 18.3. The van der Waals surface area contributed by atoms with Gasteiger partial charge in [0.05, 0.1) is 22.6 Å². The van der Waals surface area contributed by atoms with Crippen LogP contribution in [0.1, 0.15) is 10.4 Å². The lowest BCUT2D eigenvalue weighted by molar-refractivity contribution is 0.0952. The number of phenols is 1. The third-order valence-electron chi connectivity index (χ3n) is 4.11. The highest BCUT2D eigenvalue weighted by Crippen LogP contribution is 2.15. The Morgan fingerprint density at radius 3 is 2.63 bits per heavy atom. The monoisotopic (exact) mass is 370 g/mol. The zero-order valence-corrected chi connectivity index (χ0v) is 14.7. The van der Waals surface area contributed by atoms with Crippen molar-refractivity contribution in [3.63, 3.8) is 0 Å². The highest BCUT2D eigenvalue weighted by molar-refractivity contribution is 6.06. The number of fused-ring (bicyclic) bond motifs is 2. The van der Waals surface area contributed by atoms with Gasteiger partial charge in [-0.25, -0.2) is 4.98 Å². The summed E-state index contributed by atoms with van der Waals surface area (Å²) in [5, 5.41) is 21.8. The lowest BCUT2D eigenvalue weighted by Gasteiger charge is -2.11. The van der Waals surface area contributed by atoms with Crippen molar-refractivity contribution < 1.29 is 15.0 Å². The number of nitrogens with one attached hydrogen (secondary N) is 2. The number of aliphatic hydroxyl groups excluding tert-OH is 1. The maximum absolute atomic E-state index is 12.5. The van der Waals surface area contributed by atoms with Gasteiger partial charge in [-0.15, -0.1) is 0 Å². The number of benzene rings is 2. The average molecular weight is 370 g/mol. The molecule has 2 aromatic carbocycles. The molecule has 0 saturated carbocycles. The third-order valence-corrected chi connectivity index (χ3v) is 4.11. The highest BCUT2D eigenvalue weighted by Gasteiger charge is 2.16. The van der Waals surface area contributed by atoms with Crippen molar-refractivity contribution in [2.45, 2.75) is 0 Å². The molecule has 0 aliphatic carbocycles. The van der Waals surface area contributed by atoms with Crippen LogP contribution in [0.5, 0.6) is 5.75 Å². The van der Waals surface area contributed by atoms with Gasteiger partial charge in [-0.05, 0) is 26.2 Å². The largest absolute Gasteiger partial charge is 0.515 e. The first-order chi connectivity index (χ1) is 12.8. The van der Waals surface area contributed by atoms with Crippen LogP contribution in [0.4, 0.5) is 0 Å². The van der Waals surface area contributed by atoms with Gasteiger partial charge in [0.25, 0.3) is 5.91 Å². The molecule has 9 nitrogen and oxygen atoms in total. The number of amides is 1. The number of hydrogen-bond donors (Lipinski definition) is 4. The molecule has 140 valence electrons. The number of hydrogen-bond acceptors (Lipinski definition) is 7. The molecule has 0 unspecified atom stereocenters. The molecular formula is C18H18N4O5. The number of phenolic OH excluding ortho intramolecular Hbond substituents is 1. The van der Waals surface area contributed by atoms with Crippen LogP contribution in [-0.4, -0.2) is 58.2 Å². The fourth-order valence-corrected chi connectivity index (χ4v) is 2.73. The van der Waals surface area contributed by atoms with Crippen molar-refractivity contribution in [1.29, 1.82) is 0 Å². The maximum Gasteiger partial charge on any atom is 0.253 e. The van der Waals surface area contributed by atoms with Crippen molar-refractivity contribution in [2.24, 2.45) is 0 Å². The number of aromatic hydroxyl groups is 1. The number of aromatic amines is 1. The summed E-state index contributed by atoms with van der Waals surface area (Å²) in [6, 6.07) is 3.50. The van der Waals surface area contributed by atoms with Gasteiger partial charge in [0.1, 0.15) is 22.3 Å². The van der Waals surface area contributed by atoms with Crippen LogP contribution in [0.25, 0.3) is 28.3 Å². The minimum absolute atomic E-state index is 0.0338. The third kappa shape index (κ3) is 3.32. The van der Waals surface area contributed by atoms with Gasteiger partial charge >= 0.3 is 0 Å². The molecule has 4 N–H and O–H groups in total. The number of aliphatic hydroxyl groups is 1. The smallest absolute Gasteiger partial charge is 0.253 e. The number of aromatic nitrogens is 2. The van der Waals surface area contributed by atoms with E-state index in [1.54, 1.807) is 0 Å². The lowest BCUT2D eigenvalue weighted by Crippen LogP contribution is -2.31. The summed E-state index contributed by atoms with van der Waals surface area (Å²) in [5.41, 5.74) is -0.934. The Morgan fingerprint density at radius 1 is 1.22 bits per heavy atom. The number of carbonyl (C=O) groups is 1. The van der Waals surface area contributed by atoms with E-state index in [2.05, 4.69) is 15.3 Å². The van der Waals surface area contributed by atoms with E-state index in [9.17, 15) is 24.6 Å². The second-order valence-electron chi connectivity index (χ2n) is 6.29. The van der Waals surface area contributed by atoms with Crippen LogP contribution in [-0.2, 0) is 0 Å². The Balaban J connectivity index is 2.26. The molecule has 27 heavy (non-hydrogen) atoms. The molecular weight excluding hydrogens is 352 g/mol. The van der Waals surface area contributed by atoms with Gasteiger partial charge in [-0.1, -0.05) is 0 Å². The van der Waals surface area contributed by atoms with Crippen LogP contribution < -0.4 is 21.4 Å². The second-order valence-corrected chi connectivity index (χ2v) is 6.29. The van der Waals surface area contributed by atoms with E-state index in [4.69, 9.17) is 0 Å². The molecule has 3 rings (SSSR count). The fraction of sp³-hybridized carbons (Fsp3) is 0.222. The summed E-state index contributed by atoms with van der Waals surface area (Å²) >= 11 is 0. The number of nitrogens with zero attached hydrogens (tertiary/aromatic N) is 2. The second kappa shape index (κ2) is 7.04. The topological polar surface area (TPSA) is 136 Å². The van der Waals surface area contributed by atoms with Crippen LogP contribution >= 0.6 is 0 Å². The molecule has 1 aromatic heterocycles. The summed E-state index contributed by atoms with van der Waals surface area (Å²) < 4.78 is 0. The SMILES string of the molecule is CN(C)CCNC(=O)c1ccc(=O)c2nc3c(=CO)c(O)cc(=O)c3[nH]c12. The van der Waals surface area contributed by atoms with E-state index < -0.39 is 22.5 Å². The fourth-order valence-electron chi connectivity index (χ4n) is 2.73. The normalized spacial score (nSPS) is 12.2. The molecule has 1 amide bonds. The summed E-state index contributed by atoms with van der Waals surface area (Å²) in [6.45, 7) is 1.03. The quantitative estimate of drug-likeness (QED) is 0.452. The predicted molar refractivity (Wildman–Crippen MR) is 101 cm³/mol. The van der Waals surface area contributed by atoms with Gasteiger partial charge in [0.15, 0.2) is 0 Å². The Labute approximate surface area is 152 Å². The van der Waals surface area contributed by atoms with Crippen molar-refractivity contribution in [3.05, 3.63) is 49.4 Å². The molecule has 1 heterocycles. The number of rotatable bonds is 4. The molecule has 0 saturated heterocycles. The van der Waals surface area contributed by atoms with E-state index in [1.165, 1.54) is 12.1 Å². The van der Waals surface area contributed by atoms with Gasteiger partial charge in [0, 0.05) is 19.2 Å². The Morgan fingerprint density at radius 2 is 1.96 bits per heavy atom. The van der Waals surface area contributed by atoms with Crippen LogP contribution in [0.2, 0.25) is 0 Å². The summed E-state index contributed by atoms with van der Waals surface area (Å²) in [4.78, 5) is 45.8. The zero-order valence-electron chi connectivity index (χ0n) is 14.7. The van der Waals surface area contributed by atoms with E-state index in [0.717, 1.165) is 6.07 Å². The summed E-state index contributed by atoms with van der Waals surface area (Å²) in [6.07, 6.45) is 0.603. The van der Waals surface area contributed by atoms with Crippen LogP contribution in [0.15, 0.2) is 27.8 Å². The van der Waals surface area contributed by atoms with E-state index in [1.807, 2.05) is 19.0 Å².